The summed E-state index contributed by atoms with van der Waals surface area (Å²) >= 11 is 3.20. The topological polar surface area (TPSA) is 78.6 Å². The van der Waals surface area contributed by atoms with Crippen LogP contribution >= 0.6 is 40.7 Å². The van der Waals surface area contributed by atoms with Gasteiger partial charge < -0.3 is 10.4 Å². The molecule has 0 radical (unpaired) electrons. The van der Waals surface area contributed by atoms with Gasteiger partial charge in [0.05, 0.1) is 9.40 Å². The average molecular weight is 429 g/mol. The Morgan fingerprint density at radius 2 is 2.04 bits per heavy atom. The number of non-ortho nitro benzene ring substituents is 1. The molecule has 0 aliphatic carbocycles. The number of hydrogen-bond donors (Lipinski definition) is 2. The number of hydrogen-bond acceptors (Lipinski definition) is 5. The zero-order valence-electron chi connectivity index (χ0n) is 12.4. The Morgan fingerprint density at radius 1 is 1.43 bits per heavy atom. The minimum absolute atomic E-state index is 0. The van der Waals surface area contributed by atoms with Crippen LogP contribution in [0.5, 0.6) is 5.75 Å². The third-order valence-electron chi connectivity index (χ3n) is 3.63. The Balaban J connectivity index is 0.00000242. The molecule has 0 bridgehead atoms. The smallest absolute Gasteiger partial charge is 0.271 e. The zero-order valence-corrected chi connectivity index (χ0v) is 15.6. The number of aromatic hydroxyl groups is 1. The van der Waals surface area contributed by atoms with Crippen molar-refractivity contribution >= 4 is 46.4 Å². The van der Waals surface area contributed by atoms with E-state index in [-0.39, 0.29) is 42.3 Å². The third kappa shape index (κ3) is 5.32. The molecule has 1 aliphatic heterocycles. The van der Waals surface area contributed by atoms with Gasteiger partial charge in [0.2, 0.25) is 0 Å². The second kappa shape index (κ2) is 10.1. The molecule has 1 heterocycles. The molecule has 2 N–H and O–H groups in total. The molecule has 2 rings (SSSR count). The van der Waals surface area contributed by atoms with E-state index in [1.165, 1.54) is 12.1 Å². The van der Waals surface area contributed by atoms with E-state index < -0.39 is 4.92 Å². The van der Waals surface area contributed by atoms with Crippen molar-refractivity contribution in [2.75, 3.05) is 26.2 Å². The summed E-state index contributed by atoms with van der Waals surface area (Å²) in [5.41, 5.74) is 0.539. The second-order valence-corrected chi connectivity index (χ2v) is 5.80. The Kier molecular flexibility index (Phi) is 9.72. The van der Waals surface area contributed by atoms with Crippen molar-refractivity contribution in [2.45, 2.75) is 12.5 Å². The first kappa shape index (κ1) is 22.1. The van der Waals surface area contributed by atoms with Gasteiger partial charge in [-0.1, -0.05) is 6.08 Å². The van der Waals surface area contributed by atoms with Crippen LogP contribution in [0.4, 0.5) is 5.69 Å². The number of halogens is 3. The van der Waals surface area contributed by atoms with Gasteiger partial charge >= 0.3 is 0 Å². The number of piperazine rings is 1. The van der Waals surface area contributed by atoms with Crippen LogP contribution in [0, 0.1) is 10.1 Å². The number of phenolic OH excluding ortho intramolecular Hbond substituents is 1. The maximum atomic E-state index is 11.0. The molecule has 1 fully saturated rings. The summed E-state index contributed by atoms with van der Waals surface area (Å²) < 4.78 is 0.343. The Labute approximate surface area is 156 Å². The summed E-state index contributed by atoms with van der Waals surface area (Å²) in [5.74, 6) is 0.0611. The number of nitro benzene ring substituents is 1. The van der Waals surface area contributed by atoms with Crippen LogP contribution in [-0.2, 0) is 0 Å². The molecule has 9 heteroatoms. The van der Waals surface area contributed by atoms with Crippen LogP contribution in [0.3, 0.4) is 0 Å². The maximum Gasteiger partial charge on any atom is 0.271 e. The summed E-state index contributed by atoms with van der Waals surface area (Å²) in [6.45, 7) is 7.16. The van der Waals surface area contributed by atoms with Crippen LogP contribution in [-0.4, -0.2) is 41.1 Å². The summed E-state index contributed by atoms with van der Waals surface area (Å²) in [6, 6.07) is 2.67. The van der Waals surface area contributed by atoms with Gasteiger partial charge in [0.15, 0.2) is 0 Å². The number of benzene rings is 1. The molecule has 0 saturated carbocycles. The maximum absolute atomic E-state index is 11.0. The van der Waals surface area contributed by atoms with Crippen LogP contribution < -0.4 is 5.32 Å². The van der Waals surface area contributed by atoms with Crippen molar-refractivity contribution in [2.24, 2.45) is 0 Å². The van der Waals surface area contributed by atoms with E-state index in [0.29, 0.717) is 16.5 Å². The number of nitrogens with one attached hydrogen (secondary N) is 1. The van der Waals surface area contributed by atoms with Gasteiger partial charge in [-0.2, -0.15) is 0 Å². The molecule has 1 saturated heterocycles. The van der Waals surface area contributed by atoms with Gasteiger partial charge in [0.25, 0.3) is 5.69 Å². The second-order valence-electron chi connectivity index (χ2n) is 4.95. The predicted molar refractivity (Wildman–Crippen MR) is 99.0 cm³/mol. The zero-order chi connectivity index (χ0) is 15.4. The Hall–Kier alpha value is -0.860. The number of nitrogens with zero attached hydrogens (tertiary/aromatic N) is 2. The summed E-state index contributed by atoms with van der Waals surface area (Å²) in [4.78, 5) is 12.8. The molecule has 1 aromatic carbocycles. The Morgan fingerprint density at radius 3 is 2.57 bits per heavy atom. The third-order valence-corrected chi connectivity index (χ3v) is 4.23. The van der Waals surface area contributed by atoms with Crippen molar-refractivity contribution in [1.82, 2.24) is 10.2 Å². The van der Waals surface area contributed by atoms with E-state index >= 15 is 0 Å². The van der Waals surface area contributed by atoms with Crippen molar-refractivity contribution in [3.63, 3.8) is 0 Å². The highest BCUT2D eigenvalue weighted by Crippen LogP contribution is 2.39. The molecule has 1 aromatic rings. The van der Waals surface area contributed by atoms with Gasteiger partial charge in [0, 0.05) is 49.9 Å². The van der Waals surface area contributed by atoms with Gasteiger partial charge in [-0.05, 0) is 22.4 Å². The van der Waals surface area contributed by atoms with E-state index in [9.17, 15) is 15.2 Å². The average Bonchev–Trinajstić information content (AvgIpc) is 2.48. The summed E-state index contributed by atoms with van der Waals surface area (Å²) in [5, 5.41) is 24.6. The monoisotopic (exact) mass is 427 g/mol. The first-order chi connectivity index (χ1) is 10.0. The van der Waals surface area contributed by atoms with E-state index in [0.717, 1.165) is 26.2 Å². The van der Waals surface area contributed by atoms with Crippen LogP contribution in [0.25, 0.3) is 0 Å². The van der Waals surface area contributed by atoms with Crippen LogP contribution in [0.1, 0.15) is 18.0 Å². The molecule has 23 heavy (non-hydrogen) atoms. The molecule has 130 valence electrons. The quantitative estimate of drug-likeness (QED) is 0.426. The van der Waals surface area contributed by atoms with Crippen LogP contribution in [0.15, 0.2) is 29.3 Å². The molecule has 0 unspecified atom stereocenters. The first-order valence-corrected chi connectivity index (χ1v) is 7.56. The molecule has 0 aromatic heterocycles. The SMILES string of the molecule is C=CC[C@@H](c1cc([N+](=O)[O-])cc(Br)c1O)N1CCNCC1.Cl.Cl. The normalized spacial score (nSPS) is 15.9. The van der Waals surface area contributed by atoms with Crippen molar-refractivity contribution in [3.8, 4) is 5.75 Å². The standard InChI is InChI=1S/C14H18BrN3O3.2ClH/c1-2-3-13(17-6-4-16-5-7-17)11-8-10(18(20)21)9-12(15)14(11)19;;/h2,8-9,13,16,19H,1,3-7H2;2*1H/t13-;;/m0../s1. The fraction of sp³-hybridized carbons (Fsp3) is 0.429. The highest BCUT2D eigenvalue weighted by Gasteiger charge is 2.26. The highest BCUT2D eigenvalue weighted by atomic mass is 79.9. The van der Waals surface area contributed by atoms with E-state index in [4.69, 9.17) is 0 Å². The lowest BCUT2D eigenvalue weighted by atomic mass is 9.99. The van der Waals surface area contributed by atoms with Gasteiger partial charge in [-0.25, -0.2) is 0 Å². The predicted octanol–water partition coefficient (Wildman–Crippen LogP) is 3.43. The number of rotatable bonds is 5. The Bertz CT molecular complexity index is 554. The molecule has 1 aliphatic rings. The molecule has 0 spiro atoms. The van der Waals surface area contributed by atoms with Crippen molar-refractivity contribution in [1.29, 1.82) is 0 Å². The van der Waals surface area contributed by atoms with Crippen molar-refractivity contribution in [3.05, 3.63) is 44.9 Å². The summed E-state index contributed by atoms with van der Waals surface area (Å²) in [7, 11) is 0. The lowest BCUT2D eigenvalue weighted by Gasteiger charge is -2.35. The van der Waals surface area contributed by atoms with E-state index in [1.807, 2.05) is 0 Å². The first-order valence-electron chi connectivity index (χ1n) is 6.77. The fourth-order valence-electron chi connectivity index (χ4n) is 2.59. The van der Waals surface area contributed by atoms with Crippen molar-refractivity contribution < 1.29 is 10.0 Å². The summed E-state index contributed by atoms with van der Waals surface area (Å²) in [6.07, 6.45) is 2.40. The molecule has 0 amide bonds. The number of nitro groups is 1. The van der Waals surface area contributed by atoms with E-state index in [1.54, 1.807) is 6.08 Å². The largest absolute Gasteiger partial charge is 0.506 e. The minimum Gasteiger partial charge on any atom is -0.506 e. The molecule has 1 atom stereocenters. The van der Waals surface area contributed by atoms with Gasteiger partial charge in [-0.15, -0.1) is 31.4 Å². The molecule has 6 nitrogen and oxygen atoms in total. The van der Waals surface area contributed by atoms with Crippen LogP contribution in [0.2, 0.25) is 0 Å². The minimum atomic E-state index is -0.448. The highest BCUT2D eigenvalue weighted by molar-refractivity contribution is 9.10. The van der Waals surface area contributed by atoms with Gasteiger partial charge in [0.1, 0.15) is 5.75 Å². The van der Waals surface area contributed by atoms with E-state index in [2.05, 4.69) is 32.7 Å². The number of phenols is 1. The molecular weight excluding hydrogens is 409 g/mol. The molecular formula is C14H20BrCl2N3O3. The fourth-order valence-corrected chi connectivity index (χ4v) is 3.05. The lowest BCUT2D eigenvalue weighted by molar-refractivity contribution is -0.385. The lowest BCUT2D eigenvalue weighted by Crippen LogP contribution is -2.45. The van der Waals surface area contributed by atoms with Gasteiger partial charge in [-0.3, -0.25) is 15.0 Å².